The van der Waals surface area contributed by atoms with Gasteiger partial charge in [-0.1, -0.05) is 18.2 Å². The van der Waals surface area contributed by atoms with Gasteiger partial charge < -0.3 is 15.4 Å². The van der Waals surface area contributed by atoms with Gasteiger partial charge in [0.1, 0.15) is 11.4 Å². The summed E-state index contributed by atoms with van der Waals surface area (Å²) in [5.41, 5.74) is 1.54. The molecule has 1 fully saturated rings. The molecule has 1 aromatic heterocycles. The van der Waals surface area contributed by atoms with Crippen LogP contribution in [0.4, 0.5) is 0 Å². The normalized spacial score (nSPS) is 13.2. The van der Waals surface area contributed by atoms with Crippen LogP contribution in [0, 0.1) is 0 Å². The number of hydrogen-bond acceptors (Lipinski definition) is 4. The smallest absolute Gasteiger partial charge is 0.270 e. The van der Waals surface area contributed by atoms with E-state index in [-0.39, 0.29) is 23.6 Å². The molecule has 1 aliphatic carbocycles. The molecule has 0 atom stereocenters. The lowest BCUT2D eigenvalue weighted by molar-refractivity contribution is 0.0946. The molecular weight excluding hydrogens is 306 g/mol. The second-order valence-corrected chi connectivity index (χ2v) is 5.67. The predicted molar refractivity (Wildman–Crippen MR) is 88.9 cm³/mol. The Hall–Kier alpha value is -2.89. The molecule has 1 aliphatic rings. The zero-order valence-electron chi connectivity index (χ0n) is 13.4. The molecule has 0 unspecified atom stereocenters. The number of carbonyl (C=O) groups is 2. The van der Waals surface area contributed by atoms with Gasteiger partial charge in [-0.05, 0) is 31.0 Å². The van der Waals surface area contributed by atoms with E-state index in [1.54, 1.807) is 13.2 Å². The van der Waals surface area contributed by atoms with Crippen LogP contribution in [0.2, 0.25) is 0 Å². The molecule has 6 nitrogen and oxygen atoms in total. The SMILES string of the molecule is COc1ccccc1CNC(=O)c1ccnc(C(=O)NC2CC2)c1. The molecule has 0 aliphatic heterocycles. The summed E-state index contributed by atoms with van der Waals surface area (Å²) in [4.78, 5) is 28.4. The zero-order valence-corrected chi connectivity index (χ0v) is 13.4. The molecule has 0 bridgehead atoms. The largest absolute Gasteiger partial charge is 0.496 e. The lowest BCUT2D eigenvalue weighted by atomic mass is 10.1. The van der Waals surface area contributed by atoms with Crippen molar-refractivity contribution in [2.24, 2.45) is 0 Å². The van der Waals surface area contributed by atoms with Crippen LogP contribution in [0.3, 0.4) is 0 Å². The van der Waals surface area contributed by atoms with E-state index in [0.29, 0.717) is 12.1 Å². The molecule has 3 rings (SSSR count). The molecule has 0 spiro atoms. The summed E-state index contributed by atoms with van der Waals surface area (Å²) in [6.07, 6.45) is 3.48. The van der Waals surface area contributed by atoms with Gasteiger partial charge in [0.05, 0.1) is 7.11 Å². The van der Waals surface area contributed by atoms with E-state index in [1.165, 1.54) is 12.3 Å². The van der Waals surface area contributed by atoms with Gasteiger partial charge in [-0.2, -0.15) is 0 Å². The Bertz CT molecular complexity index is 757. The summed E-state index contributed by atoms with van der Waals surface area (Å²) in [6.45, 7) is 0.342. The number of nitrogens with one attached hydrogen (secondary N) is 2. The number of nitrogens with zero attached hydrogens (tertiary/aromatic N) is 1. The lowest BCUT2D eigenvalue weighted by Crippen LogP contribution is -2.27. The van der Waals surface area contributed by atoms with E-state index in [4.69, 9.17) is 4.74 Å². The van der Waals surface area contributed by atoms with E-state index in [1.807, 2.05) is 24.3 Å². The van der Waals surface area contributed by atoms with Gasteiger partial charge in [-0.15, -0.1) is 0 Å². The fourth-order valence-corrected chi connectivity index (χ4v) is 2.31. The predicted octanol–water partition coefficient (Wildman–Crippen LogP) is 1.91. The number of benzene rings is 1. The standard InChI is InChI=1S/C18H19N3O3/c1-24-16-5-3-2-4-13(16)11-20-17(22)12-8-9-19-15(10-12)18(23)21-14-6-7-14/h2-5,8-10,14H,6-7,11H2,1H3,(H,20,22)(H,21,23). The quantitative estimate of drug-likeness (QED) is 0.850. The van der Waals surface area contributed by atoms with Gasteiger partial charge in [0.2, 0.25) is 0 Å². The fourth-order valence-electron chi connectivity index (χ4n) is 2.31. The number of pyridine rings is 1. The molecule has 2 N–H and O–H groups in total. The number of carbonyl (C=O) groups excluding carboxylic acids is 2. The number of ether oxygens (including phenoxy) is 1. The minimum atomic E-state index is -0.260. The topological polar surface area (TPSA) is 80.3 Å². The molecule has 24 heavy (non-hydrogen) atoms. The van der Waals surface area contributed by atoms with Gasteiger partial charge >= 0.3 is 0 Å². The Morgan fingerprint density at radius 1 is 1.21 bits per heavy atom. The number of aromatic nitrogens is 1. The first-order chi connectivity index (χ1) is 11.7. The van der Waals surface area contributed by atoms with Crippen LogP contribution in [0.5, 0.6) is 5.75 Å². The van der Waals surface area contributed by atoms with Gasteiger partial charge in [0, 0.05) is 29.9 Å². The second kappa shape index (κ2) is 7.12. The van der Waals surface area contributed by atoms with Crippen LogP contribution in [0.25, 0.3) is 0 Å². The minimum Gasteiger partial charge on any atom is -0.496 e. The number of rotatable bonds is 6. The van der Waals surface area contributed by atoms with E-state index in [2.05, 4.69) is 15.6 Å². The molecule has 6 heteroatoms. The Labute approximate surface area is 140 Å². The Balaban J connectivity index is 1.65. The van der Waals surface area contributed by atoms with E-state index < -0.39 is 0 Å². The average molecular weight is 325 g/mol. The third-order valence-corrected chi connectivity index (χ3v) is 3.80. The number of para-hydroxylation sites is 1. The van der Waals surface area contributed by atoms with Crippen molar-refractivity contribution in [1.29, 1.82) is 0 Å². The number of methoxy groups -OCH3 is 1. The van der Waals surface area contributed by atoms with Crippen molar-refractivity contribution in [1.82, 2.24) is 15.6 Å². The highest BCUT2D eigenvalue weighted by molar-refractivity contribution is 5.98. The molecule has 2 amide bonds. The molecule has 124 valence electrons. The van der Waals surface area contributed by atoms with E-state index in [0.717, 1.165) is 24.2 Å². The van der Waals surface area contributed by atoms with Crippen molar-refractivity contribution in [3.63, 3.8) is 0 Å². The maximum atomic E-state index is 12.3. The van der Waals surface area contributed by atoms with Crippen LogP contribution in [0.15, 0.2) is 42.6 Å². The fraction of sp³-hybridized carbons (Fsp3) is 0.278. The molecule has 2 aromatic rings. The third-order valence-electron chi connectivity index (χ3n) is 3.80. The molecular formula is C18H19N3O3. The van der Waals surface area contributed by atoms with Gasteiger partial charge in [0.15, 0.2) is 0 Å². The molecule has 1 heterocycles. The summed E-state index contributed by atoms with van der Waals surface area (Å²) >= 11 is 0. The third kappa shape index (κ3) is 3.90. The maximum Gasteiger partial charge on any atom is 0.270 e. The summed E-state index contributed by atoms with van der Waals surface area (Å²) in [6, 6.07) is 10.8. The maximum absolute atomic E-state index is 12.3. The van der Waals surface area contributed by atoms with Crippen LogP contribution >= 0.6 is 0 Å². The highest BCUT2D eigenvalue weighted by Gasteiger charge is 2.24. The average Bonchev–Trinajstić information content (AvgIpc) is 3.44. The highest BCUT2D eigenvalue weighted by Crippen LogP contribution is 2.19. The van der Waals surface area contributed by atoms with Crippen LogP contribution in [-0.2, 0) is 6.54 Å². The van der Waals surface area contributed by atoms with E-state index >= 15 is 0 Å². The van der Waals surface area contributed by atoms with E-state index in [9.17, 15) is 9.59 Å². The second-order valence-electron chi connectivity index (χ2n) is 5.67. The monoisotopic (exact) mass is 325 g/mol. The van der Waals surface area contributed by atoms with Crippen LogP contribution < -0.4 is 15.4 Å². The highest BCUT2D eigenvalue weighted by atomic mass is 16.5. The summed E-state index contributed by atoms with van der Waals surface area (Å²) in [5, 5.41) is 5.69. The van der Waals surface area contributed by atoms with Crippen molar-refractivity contribution < 1.29 is 14.3 Å². The van der Waals surface area contributed by atoms with Crippen molar-refractivity contribution in [3.8, 4) is 5.75 Å². The first-order valence-electron chi connectivity index (χ1n) is 7.84. The van der Waals surface area contributed by atoms with Crippen LogP contribution in [-0.4, -0.2) is 29.9 Å². The molecule has 0 radical (unpaired) electrons. The first-order valence-corrected chi connectivity index (χ1v) is 7.84. The van der Waals surface area contributed by atoms with Crippen molar-refractivity contribution in [2.45, 2.75) is 25.4 Å². The lowest BCUT2D eigenvalue weighted by Gasteiger charge is -2.10. The zero-order chi connectivity index (χ0) is 16.9. The summed E-state index contributed by atoms with van der Waals surface area (Å²) < 4.78 is 5.26. The summed E-state index contributed by atoms with van der Waals surface area (Å²) in [5.74, 6) is 0.220. The van der Waals surface area contributed by atoms with Gasteiger partial charge in [0.25, 0.3) is 11.8 Å². The van der Waals surface area contributed by atoms with Gasteiger partial charge in [-0.3, -0.25) is 14.6 Å². The first kappa shape index (κ1) is 16.0. The number of amides is 2. The van der Waals surface area contributed by atoms with Crippen LogP contribution in [0.1, 0.15) is 39.3 Å². The van der Waals surface area contributed by atoms with Crippen molar-refractivity contribution >= 4 is 11.8 Å². The Morgan fingerprint density at radius 2 is 2.00 bits per heavy atom. The molecule has 0 saturated heterocycles. The van der Waals surface area contributed by atoms with Gasteiger partial charge in [-0.25, -0.2) is 0 Å². The molecule has 1 saturated carbocycles. The van der Waals surface area contributed by atoms with Crippen molar-refractivity contribution in [2.75, 3.05) is 7.11 Å². The molecule has 1 aromatic carbocycles. The number of hydrogen-bond donors (Lipinski definition) is 2. The Kier molecular flexibility index (Phi) is 4.74. The minimum absolute atomic E-state index is 0.239. The van der Waals surface area contributed by atoms with Crippen molar-refractivity contribution in [3.05, 3.63) is 59.4 Å². The summed E-state index contributed by atoms with van der Waals surface area (Å²) in [7, 11) is 1.59. The Morgan fingerprint density at radius 3 is 2.75 bits per heavy atom.